The summed E-state index contributed by atoms with van der Waals surface area (Å²) >= 11 is 3.42. The Labute approximate surface area is 113 Å². The fourth-order valence-corrected chi connectivity index (χ4v) is 2.65. The highest BCUT2D eigenvalue weighted by Crippen LogP contribution is 2.37. The first-order valence-corrected chi connectivity index (χ1v) is 6.79. The largest absolute Gasteiger partial charge is 0.390 e. The number of hydrogen-bond acceptors (Lipinski definition) is 1. The van der Waals surface area contributed by atoms with Crippen molar-refractivity contribution in [2.24, 2.45) is 0 Å². The lowest BCUT2D eigenvalue weighted by Crippen LogP contribution is -2.41. The molecule has 2 rings (SSSR count). The Bertz CT molecular complexity index is 399. The third kappa shape index (κ3) is 3.99. The van der Waals surface area contributed by atoms with Gasteiger partial charge in [0.25, 0.3) is 0 Å². The number of halogens is 4. The zero-order valence-electron chi connectivity index (χ0n) is 9.80. The standard InChI is InChI=1S/C13H15BrF3N/c14-11-3-1-2-9(6-11)10-7-12(8-10)18-5-4-13(15,16)17/h1-3,6,10,12,18H,4-5,7-8H2. The number of hydrogen-bond donors (Lipinski definition) is 1. The van der Waals surface area contributed by atoms with E-state index in [0.29, 0.717) is 5.92 Å². The number of alkyl halides is 3. The topological polar surface area (TPSA) is 12.0 Å². The van der Waals surface area contributed by atoms with Crippen LogP contribution in [0.25, 0.3) is 0 Å². The first-order valence-electron chi connectivity index (χ1n) is 5.99. The maximum absolute atomic E-state index is 12.0. The molecule has 1 aliphatic carbocycles. The second-order valence-electron chi connectivity index (χ2n) is 4.74. The van der Waals surface area contributed by atoms with E-state index in [9.17, 15) is 13.2 Å². The highest BCUT2D eigenvalue weighted by Gasteiger charge is 2.32. The van der Waals surface area contributed by atoms with E-state index in [4.69, 9.17) is 0 Å². The second-order valence-corrected chi connectivity index (χ2v) is 5.66. The van der Waals surface area contributed by atoms with Crippen LogP contribution in [0.1, 0.15) is 30.7 Å². The molecule has 0 aliphatic heterocycles. The molecule has 18 heavy (non-hydrogen) atoms. The van der Waals surface area contributed by atoms with Crippen LogP contribution < -0.4 is 5.32 Å². The van der Waals surface area contributed by atoms with Gasteiger partial charge in [-0.25, -0.2) is 0 Å². The smallest absolute Gasteiger partial charge is 0.314 e. The Morgan fingerprint density at radius 1 is 1.28 bits per heavy atom. The predicted octanol–water partition coefficient (Wildman–Crippen LogP) is 4.24. The molecule has 1 nitrogen and oxygen atoms in total. The van der Waals surface area contributed by atoms with Crippen molar-refractivity contribution in [3.8, 4) is 0 Å². The number of benzene rings is 1. The summed E-state index contributed by atoms with van der Waals surface area (Å²) in [5.41, 5.74) is 1.26. The quantitative estimate of drug-likeness (QED) is 0.874. The summed E-state index contributed by atoms with van der Waals surface area (Å²) in [7, 11) is 0. The maximum Gasteiger partial charge on any atom is 0.390 e. The molecule has 0 bridgehead atoms. The lowest BCUT2D eigenvalue weighted by atomic mass is 9.76. The molecular weight excluding hydrogens is 307 g/mol. The number of nitrogens with one attached hydrogen (secondary N) is 1. The summed E-state index contributed by atoms with van der Waals surface area (Å²) < 4.78 is 37.0. The molecule has 100 valence electrons. The van der Waals surface area contributed by atoms with Crippen LogP contribution in [0.4, 0.5) is 13.2 Å². The van der Waals surface area contributed by atoms with Gasteiger partial charge in [0, 0.05) is 17.1 Å². The minimum absolute atomic E-state index is 0.0272. The molecule has 1 saturated carbocycles. The summed E-state index contributed by atoms with van der Waals surface area (Å²) in [5, 5.41) is 2.96. The summed E-state index contributed by atoms with van der Waals surface area (Å²) in [4.78, 5) is 0. The van der Waals surface area contributed by atoms with Crippen LogP contribution in [0.3, 0.4) is 0 Å². The van der Waals surface area contributed by atoms with E-state index in [1.807, 2.05) is 12.1 Å². The van der Waals surface area contributed by atoms with Crippen LogP contribution in [0.2, 0.25) is 0 Å². The van der Waals surface area contributed by atoms with E-state index in [2.05, 4.69) is 33.4 Å². The molecule has 1 N–H and O–H groups in total. The van der Waals surface area contributed by atoms with Crippen molar-refractivity contribution in [3.05, 3.63) is 34.3 Å². The second kappa shape index (κ2) is 5.61. The zero-order chi connectivity index (χ0) is 13.2. The highest BCUT2D eigenvalue weighted by molar-refractivity contribution is 9.10. The van der Waals surface area contributed by atoms with Gasteiger partial charge < -0.3 is 5.32 Å². The Morgan fingerprint density at radius 3 is 2.61 bits per heavy atom. The Kier molecular flexibility index (Phi) is 4.33. The van der Waals surface area contributed by atoms with Gasteiger partial charge in [0.05, 0.1) is 6.42 Å². The SMILES string of the molecule is FC(F)(F)CCNC1CC(c2cccc(Br)c2)C1. The lowest BCUT2D eigenvalue weighted by molar-refractivity contribution is -0.133. The van der Waals surface area contributed by atoms with E-state index < -0.39 is 12.6 Å². The monoisotopic (exact) mass is 321 g/mol. The van der Waals surface area contributed by atoms with E-state index in [-0.39, 0.29) is 12.6 Å². The molecule has 1 aromatic rings. The normalized spacial score (nSPS) is 23.8. The summed E-state index contributed by atoms with van der Waals surface area (Å²) in [5.74, 6) is 0.478. The molecule has 0 aromatic heterocycles. The Morgan fingerprint density at radius 2 is 2.00 bits per heavy atom. The third-order valence-corrected chi connectivity index (χ3v) is 3.79. The van der Waals surface area contributed by atoms with Crippen LogP contribution >= 0.6 is 15.9 Å². The zero-order valence-corrected chi connectivity index (χ0v) is 11.4. The molecule has 0 amide bonds. The average Bonchev–Trinajstić information content (AvgIpc) is 2.19. The molecule has 0 heterocycles. The first kappa shape index (κ1) is 13.9. The molecule has 0 saturated heterocycles. The molecule has 0 atom stereocenters. The third-order valence-electron chi connectivity index (χ3n) is 3.30. The molecule has 1 aliphatic rings. The van der Waals surface area contributed by atoms with Gasteiger partial charge in [-0.15, -0.1) is 0 Å². The predicted molar refractivity (Wildman–Crippen MR) is 68.6 cm³/mol. The molecule has 1 aromatic carbocycles. The van der Waals surface area contributed by atoms with Crippen LogP contribution in [-0.2, 0) is 0 Å². The fourth-order valence-electron chi connectivity index (χ4n) is 2.24. The van der Waals surface area contributed by atoms with E-state index in [1.54, 1.807) is 0 Å². The van der Waals surface area contributed by atoms with E-state index in [1.165, 1.54) is 5.56 Å². The minimum Gasteiger partial charge on any atom is -0.314 e. The van der Waals surface area contributed by atoms with Crippen molar-refractivity contribution in [1.82, 2.24) is 5.32 Å². The van der Waals surface area contributed by atoms with Gasteiger partial charge in [-0.2, -0.15) is 13.2 Å². The maximum atomic E-state index is 12.0. The summed E-state index contributed by atoms with van der Waals surface area (Å²) in [6.07, 6.45) is -2.95. The minimum atomic E-state index is -4.06. The van der Waals surface area contributed by atoms with E-state index >= 15 is 0 Å². The van der Waals surface area contributed by atoms with Crippen LogP contribution in [0.15, 0.2) is 28.7 Å². The van der Waals surface area contributed by atoms with Crippen molar-refractivity contribution in [2.75, 3.05) is 6.54 Å². The Balaban J connectivity index is 1.71. The molecular formula is C13H15BrF3N. The summed E-state index contributed by atoms with van der Waals surface area (Å²) in [6.45, 7) is 0.0272. The lowest BCUT2D eigenvalue weighted by Gasteiger charge is -2.36. The van der Waals surface area contributed by atoms with Crippen molar-refractivity contribution >= 4 is 15.9 Å². The number of rotatable bonds is 4. The van der Waals surface area contributed by atoms with Crippen molar-refractivity contribution < 1.29 is 13.2 Å². The van der Waals surface area contributed by atoms with Gasteiger partial charge in [0.2, 0.25) is 0 Å². The molecule has 1 fully saturated rings. The molecule has 0 spiro atoms. The highest BCUT2D eigenvalue weighted by atomic mass is 79.9. The average molecular weight is 322 g/mol. The van der Waals surface area contributed by atoms with Crippen molar-refractivity contribution in [3.63, 3.8) is 0 Å². The van der Waals surface area contributed by atoms with Crippen molar-refractivity contribution in [1.29, 1.82) is 0 Å². The van der Waals surface area contributed by atoms with Gasteiger partial charge in [-0.3, -0.25) is 0 Å². The van der Waals surface area contributed by atoms with Gasteiger partial charge in [-0.1, -0.05) is 28.1 Å². The van der Waals surface area contributed by atoms with Gasteiger partial charge in [0.15, 0.2) is 0 Å². The van der Waals surface area contributed by atoms with Crippen LogP contribution in [0.5, 0.6) is 0 Å². The summed E-state index contributed by atoms with van der Waals surface area (Å²) in [6, 6.07) is 8.35. The molecule has 5 heteroatoms. The first-order chi connectivity index (χ1) is 8.44. The van der Waals surface area contributed by atoms with Gasteiger partial charge >= 0.3 is 6.18 Å². The molecule has 0 unspecified atom stereocenters. The van der Waals surface area contributed by atoms with Gasteiger partial charge in [-0.05, 0) is 36.5 Å². The van der Waals surface area contributed by atoms with Crippen molar-refractivity contribution in [2.45, 2.75) is 37.4 Å². The van der Waals surface area contributed by atoms with Gasteiger partial charge in [0.1, 0.15) is 0 Å². The Hall–Kier alpha value is -0.550. The van der Waals surface area contributed by atoms with Crippen LogP contribution in [0, 0.1) is 0 Å². The van der Waals surface area contributed by atoms with E-state index in [0.717, 1.165) is 17.3 Å². The molecule has 0 radical (unpaired) electrons. The van der Waals surface area contributed by atoms with Crippen LogP contribution in [-0.4, -0.2) is 18.8 Å². The fraction of sp³-hybridized carbons (Fsp3) is 0.538.